The molecule has 1 heterocycles. The number of nitriles is 1. The molecule has 0 amide bonds. The quantitative estimate of drug-likeness (QED) is 0.600. The highest BCUT2D eigenvalue weighted by Crippen LogP contribution is 2.35. The zero-order valence-corrected chi connectivity index (χ0v) is 9.52. The molecule has 2 nitrogen and oxygen atoms in total. The minimum absolute atomic E-state index is 0.744. The van der Waals surface area contributed by atoms with E-state index in [1.807, 2.05) is 18.2 Å². The van der Waals surface area contributed by atoms with Gasteiger partial charge in [-0.25, -0.2) is 0 Å². The number of thiophene rings is 1. The number of fused-ring (bicyclic) bond motifs is 1. The molecule has 0 aliphatic carbocycles. The van der Waals surface area contributed by atoms with Crippen molar-refractivity contribution in [3.05, 3.63) is 26.6 Å². The Kier molecular flexibility index (Phi) is 2.14. The van der Waals surface area contributed by atoms with Crippen LogP contribution in [0.3, 0.4) is 0 Å². The summed E-state index contributed by atoms with van der Waals surface area (Å²) in [5.41, 5.74) is 6.54. The number of nitrogens with zero attached hydrogens (tertiary/aromatic N) is 1. The van der Waals surface area contributed by atoms with E-state index in [0.29, 0.717) is 0 Å². The largest absolute Gasteiger partial charge is 0.398 e. The van der Waals surface area contributed by atoms with Crippen LogP contribution in [0.15, 0.2) is 18.2 Å². The second-order valence-corrected chi connectivity index (χ2v) is 4.68. The Morgan fingerprint density at radius 1 is 1.46 bits per heavy atom. The van der Waals surface area contributed by atoms with Gasteiger partial charge in [-0.3, -0.25) is 0 Å². The van der Waals surface area contributed by atoms with E-state index in [9.17, 15) is 0 Å². The highest BCUT2D eigenvalue weighted by molar-refractivity contribution is 14.1. The zero-order valence-electron chi connectivity index (χ0n) is 6.54. The van der Waals surface area contributed by atoms with Gasteiger partial charge >= 0.3 is 0 Å². The van der Waals surface area contributed by atoms with Gasteiger partial charge in [0.25, 0.3) is 0 Å². The summed E-state index contributed by atoms with van der Waals surface area (Å²) in [6.07, 6.45) is 0. The molecule has 64 valence electrons. The maximum atomic E-state index is 8.83. The molecular formula is C9H5IN2S. The Morgan fingerprint density at radius 2 is 2.23 bits per heavy atom. The van der Waals surface area contributed by atoms with Crippen molar-refractivity contribution >= 4 is 49.7 Å². The third kappa shape index (κ3) is 1.28. The number of hydrogen-bond donors (Lipinski definition) is 1. The summed E-state index contributed by atoms with van der Waals surface area (Å²) in [5, 5.41) is 9.91. The van der Waals surface area contributed by atoms with Crippen LogP contribution in [0.4, 0.5) is 5.69 Å². The molecule has 0 fully saturated rings. The molecule has 4 heteroatoms. The molecule has 0 unspecified atom stereocenters. The predicted octanol–water partition coefficient (Wildman–Crippen LogP) is 2.96. The SMILES string of the molecule is N#Cc1sc2c(N)cccc2c1I. The summed E-state index contributed by atoms with van der Waals surface area (Å²) in [5.74, 6) is 0. The topological polar surface area (TPSA) is 49.8 Å². The molecule has 2 N–H and O–H groups in total. The number of halogens is 1. The smallest absolute Gasteiger partial charge is 0.119 e. The highest BCUT2D eigenvalue weighted by Gasteiger charge is 2.10. The van der Waals surface area contributed by atoms with E-state index in [2.05, 4.69) is 28.7 Å². The van der Waals surface area contributed by atoms with Crippen molar-refractivity contribution in [2.75, 3.05) is 5.73 Å². The van der Waals surface area contributed by atoms with Gasteiger partial charge in [0.05, 0.1) is 4.70 Å². The standard InChI is InChI=1S/C9H5IN2S/c10-8-5-2-1-3-6(12)9(5)13-7(8)4-11/h1-3H,12H2. The van der Waals surface area contributed by atoms with Crippen LogP contribution in [0.2, 0.25) is 0 Å². The van der Waals surface area contributed by atoms with Gasteiger partial charge < -0.3 is 5.73 Å². The Morgan fingerprint density at radius 3 is 2.85 bits per heavy atom. The maximum absolute atomic E-state index is 8.83. The molecule has 2 aromatic rings. The van der Waals surface area contributed by atoms with Crippen LogP contribution in [-0.2, 0) is 0 Å². The van der Waals surface area contributed by atoms with E-state index in [-0.39, 0.29) is 0 Å². The molecule has 0 saturated heterocycles. The van der Waals surface area contributed by atoms with Crippen LogP contribution in [0.1, 0.15) is 4.88 Å². The lowest BCUT2D eigenvalue weighted by atomic mass is 10.2. The summed E-state index contributed by atoms with van der Waals surface area (Å²) in [6.45, 7) is 0. The molecular weight excluding hydrogens is 295 g/mol. The molecule has 1 aromatic carbocycles. The molecule has 0 saturated carbocycles. The van der Waals surface area contributed by atoms with Crippen molar-refractivity contribution in [3.8, 4) is 6.07 Å². The third-order valence-electron chi connectivity index (χ3n) is 1.79. The zero-order chi connectivity index (χ0) is 9.42. The fraction of sp³-hybridized carbons (Fsp3) is 0. The van der Waals surface area contributed by atoms with Crippen molar-refractivity contribution in [1.29, 1.82) is 5.26 Å². The molecule has 13 heavy (non-hydrogen) atoms. The van der Waals surface area contributed by atoms with E-state index in [0.717, 1.165) is 24.2 Å². The van der Waals surface area contributed by atoms with Crippen molar-refractivity contribution in [3.63, 3.8) is 0 Å². The van der Waals surface area contributed by atoms with Crippen molar-refractivity contribution < 1.29 is 0 Å². The predicted molar refractivity (Wildman–Crippen MR) is 63.7 cm³/mol. The molecule has 2 rings (SSSR count). The number of rotatable bonds is 0. The Hall–Kier alpha value is -0.800. The first kappa shape index (κ1) is 8.78. The van der Waals surface area contributed by atoms with Gasteiger partial charge in [-0.1, -0.05) is 12.1 Å². The van der Waals surface area contributed by atoms with E-state index in [4.69, 9.17) is 11.0 Å². The lowest BCUT2D eigenvalue weighted by Gasteiger charge is -1.93. The second kappa shape index (κ2) is 3.16. The monoisotopic (exact) mass is 300 g/mol. The van der Waals surface area contributed by atoms with Crippen LogP contribution < -0.4 is 5.73 Å². The lowest BCUT2D eigenvalue weighted by molar-refractivity contribution is 1.52. The molecule has 1 aromatic heterocycles. The number of nitrogen functional groups attached to an aromatic ring is 1. The molecule has 0 bridgehead atoms. The molecule has 0 aliphatic heterocycles. The number of benzene rings is 1. The van der Waals surface area contributed by atoms with Gasteiger partial charge in [0, 0.05) is 14.6 Å². The summed E-state index contributed by atoms with van der Waals surface area (Å²) >= 11 is 3.64. The van der Waals surface area contributed by atoms with E-state index in [1.54, 1.807) is 0 Å². The van der Waals surface area contributed by atoms with E-state index >= 15 is 0 Å². The van der Waals surface area contributed by atoms with Crippen LogP contribution in [0.5, 0.6) is 0 Å². The minimum atomic E-state index is 0.744. The number of nitrogens with two attached hydrogens (primary N) is 1. The van der Waals surface area contributed by atoms with Crippen molar-refractivity contribution in [2.24, 2.45) is 0 Å². The summed E-state index contributed by atoms with van der Waals surface area (Å²) in [4.78, 5) is 0.744. The van der Waals surface area contributed by atoms with Crippen LogP contribution >= 0.6 is 33.9 Å². The van der Waals surface area contributed by atoms with Gasteiger partial charge in [-0.15, -0.1) is 11.3 Å². The Labute approximate surface area is 93.1 Å². The Bertz CT molecular complexity index is 510. The Balaban J connectivity index is 2.94. The van der Waals surface area contributed by atoms with Crippen molar-refractivity contribution in [1.82, 2.24) is 0 Å². The minimum Gasteiger partial charge on any atom is -0.398 e. The second-order valence-electron chi connectivity index (χ2n) is 2.58. The van der Waals surface area contributed by atoms with Crippen LogP contribution in [0, 0.1) is 14.9 Å². The first-order valence-corrected chi connectivity index (χ1v) is 5.50. The summed E-state index contributed by atoms with van der Waals surface area (Å²) in [7, 11) is 0. The molecule has 0 spiro atoms. The number of anilines is 1. The number of hydrogen-bond acceptors (Lipinski definition) is 3. The van der Waals surface area contributed by atoms with Gasteiger partial charge in [0.15, 0.2) is 0 Å². The average Bonchev–Trinajstić information content (AvgIpc) is 2.45. The van der Waals surface area contributed by atoms with Crippen molar-refractivity contribution in [2.45, 2.75) is 0 Å². The van der Waals surface area contributed by atoms with Crippen LogP contribution in [-0.4, -0.2) is 0 Å². The van der Waals surface area contributed by atoms with Gasteiger partial charge in [0.2, 0.25) is 0 Å². The molecule has 0 aliphatic rings. The first-order chi connectivity index (χ1) is 6.24. The molecule has 0 radical (unpaired) electrons. The highest BCUT2D eigenvalue weighted by atomic mass is 127. The van der Waals surface area contributed by atoms with E-state index < -0.39 is 0 Å². The summed E-state index contributed by atoms with van der Waals surface area (Å²) < 4.78 is 2.02. The average molecular weight is 300 g/mol. The summed E-state index contributed by atoms with van der Waals surface area (Å²) in [6, 6.07) is 7.93. The van der Waals surface area contributed by atoms with Gasteiger partial charge in [0.1, 0.15) is 10.9 Å². The van der Waals surface area contributed by atoms with E-state index in [1.165, 1.54) is 11.3 Å². The normalized spacial score (nSPS) is 10.2. The fourth-order valence-electron chi connectivity index (χ4n) is 1.18. The third-order valence-corrected chi connectivity index (χ3v) is 4.43. The van der Waals surface area contributed by atoms with Gasteiger partial charge in [-0.05, 0) is 28.7 Å². The maximum Gasteiger partial charge on any atom is 0.119 e. The van der Waals surface area contributed by atoms with Crippen LogP contribution in [0.25, 0.3) is 10.1 Å². The first-order valence-electron chi connectivity index (χ1n) is 3.60. The lowest BCUT2D eigenvalue weighted by Crippen LogP contribution is -1.82. The fourth-order valence-corrected chi connectivity index (χ4v) is 3.18. The van der Waals surface area contributed by atoms with Gasteiger partial charge in [-0.2, -0.15) is 5.26 Å². The molecule has 0 atom stereocenters.